The van der Waals surface area contributed by atoms with Crippen LogP contribution in [-0.4, -0.2) is 33.6 Å². The van der Waals surface area contributed by atoms with Crippen molar-refractivity contribution in [1.29, 1.82) is 5.41 Å². The van der Waals surface area contributed by atoms with Gasteiger partial charge in [0.25, 0.3) is 11.5 Å². The molecular formula is C24H25N5O3. The van der Waals surface area contributed by atoms with Crippen LogP contribution in [0.3, 0.4) is 0 Å². The molecule has 0 aliphatic rings. The zero-order chi connectivity index (χ0) is 22.7. The van der Waals surface area contributed by atoms with Crippen LogP contribution < -0.4 is 16.4 Å². The number of aryl methyl sites for hydroxylation is 2. The zero-order valence-corrected chi connectivity index (χ0v) is 18.1. The Labute approximate surface area is 184 Å². The molecule has 0 spiro atoms. The largest absolute Gasteiger partial charge is 0.385 e. The Morgan fingerprint density at radius 2 is 1.97 bits per heavy atom. The summed E-state index contributed by atoms with van der Waals surface area (Å²) in [5, 5.41) is 11.9. The molecular weight excluding hydrogens is 406 g/mol. The van der Waals surface area contributed by atoms with Crippen molar-refractivity contribution in [3.05, 3.63) is 87.3 Å². The van der Waals surface area contributed by atoms with Crippen LogP contribution in [0, 0.1) is 12.3 Å². The van der Waals surface area contributed by atoms with E-state index in [0.29, 0.717) is 42.8 Å². The second-order valence-electron chi connectivity index (χ2n) is 7.66. The Balaban J connectivity index is 1.85. The van der Waals surface area contributed by atoms with Gasteiger partial charge in [0, 0.05) is 33.0 Å². The first-order chi connectivity index (χ1) is 15.5. The highest BCUT2D eigenvalue weighted by atomic mass is 16.5. The van der Waals surface area contributed by atoms with Gasteiger partial charge in [-0.15, -0.1) is 0 Å². The fourth-order valence-corrected chi connectivity index (χ4v) is 3.67. The van der Waals surface area contributed by atoms with Crippen molar-refractivity contribution in [3.8, 4) is 0 Å². The number of rotatable bonds is 7. The van der Waals surface area contributed by atoms with Crippen molar-refractivity contribution < 1.29 is 9.53 Å². The number of hydrogen-bond donors (Lipinski definition) is 2. The third-order valence-corrected chi connectivity index (χ3v) is 5.33. The summed E-state index contributed by atoms with van der Waals surface area (Å²) >= 11 is 0. The number of ether oxygens (including phenoxy) is 1. The van der Waals surface area contributed by atoms with E-state index in [1.165, 1.54) is 10.5 Å². The van der Waals surface area contributed by atoms with Crippen molar-refractivity contribution >= 4 is 22.6 Å². The van der Waals surface area contributed by atoms with Gasteiger partial charge in [-0.3, -0.25) is 19.4 Å². The normalized spacial score (nSPS) is 11.2. The van der Waals surface area contributed by atoms with Gasteiger partial charge >= 0.3 is 0 Å². The molecule has 0 saturated heterocycles. The Hall–Kier alpha value is -3.78. The number of pyridine rings is 2. The summed E-state index contributed by atoms with van der Waals surface area (Å²) in [5.74, 6) is -0.407. The molecule has 164 valence electrons. The van der Waals surface area contributed by atoms with E-state index in [-0.39, 0.29) is 16.6 Å². The lowest BCUT2D eigenvalue weighted by atomic mass is 10.1. The number of aromatic nitrogens is 3. The maximum Gasteiger partial charge on any atom is 0.267 e. The molecule has 0 aliphatic carbocycles. The van der Waals surface area contributed by atoms with Gasteiger partial charge in [0.15, 0.2) is 0 Å². The van der Waals surface area contributed by atoms with Crippen LogP contribution in [0.1, 0.15) is 27.9 Å². The molecule has 32 heavy (non-hydrogen) atoms. The fraction of sp³-hybridized carbons (Fsp3) is 0.250. The van der Waals surface area contributed by atoms with E-state index in [9.17, 15) is 9.59 Å². The molecule has 4 aromatic rings. The lowest BCUT2D eigenvalue weighted by molar-refractivity contribution is 0.0948. The molecule has 8 heteroatoms. The average Bonchev–Trinajstić information content (AvgIpc) is 2.80. The molecule has 0 fully saturated rings. The maximum atomic E-state index is 13.3. The van der Waals surface area contributed by atoms with Crippen LogP contribution in [0.2, 0.25) is 0 Å². The lowest BCUT2D eigenvalue weighted by Gasteiger charge is -2.15. The fourth-order valence-electron chi connectivity index (χ4n) is 3.67. The van der Waals surface area contributed by atoms with Gasteiger partial charge in [-0.05, 0) is 36.6 Å². The second kappa shape index (κ2) is 9.15. The molecule has 2 N–H and O–H groups in total. The molecule has 0 bridgehead atoms. The van der Waals surface area contributed by atoms with E-state index in [4.69, 9.17) is 10.1 Å². The first-order valence-corrected chi connectivity index (χ1v) is 10.4. The van der Waals surface area contributed by atoms with E-state index in [2.05, 4.69) is 10.3 Å². The van der Waals surface area contributed by atoms with Gasteiger partial charge in [-0.2, -0.15) is 0 Å². The van der Waals surface area contributed by atoms with Gasteiger partial charge in [0.1, 0.15) is 16.8 Å². The molecule has 0 radical (unpaired) electrons. The minimum Gasteiger partial charge on any atom is -0.385 e. The van der Waals surface area contributed by atoms with Crippen LogP contribution in [0.15, 0.2) is 59.5 Å². The predicted molar refractivity (Wildman–Crippen MR) is 122 cm³/mol. The summed E-state index contributed by atoms with van der Waals surface area (Å²) in [4.78, 5) is 30.9. The monoisotopic (exact) mass is 431 g/mol. The number of hydrogen-bond acceptors (Lipinski definition) is 5. The molecule has 1 amide bonds. The molecule has 4 rings (SSSR count). The number of nitrogens with one attached hydrogen (secondary N) is 2. The third-order valence-electron chi connectivity index (χ3n) is 5.33. The van der Waals surface area contributed by atoms with Gasteiger partial charge in [0.2, 0.25) is 0 Å². The summed E-state index contributed by atoms with van der Waals surface area (Å²) < 4.78 is 8.24. The Bertz CT molecular complexity index is 1410. The number of carbonyl (C=O) groups excluding carboxylic acids is 1. The van der Waals surface area contributed by atoms with Crippen molar-refractivity contribution in [2.75, 3.05) is 13.7 Å². The standard InChI is InChI=1S/C24H25N5O3/c1-16-9-10-20-27-22-19(24(31)29(20)15-16)13-18(21(25)28(22)11-6-12-32-2)23(30)26-14-17-7-4-3-5-8-17/h3-5,7-10,13,15,25H,6,11-12,14H2,1-2H3,(H,26,30). The number of nitrogens with zero attached hydrogens (tertiary/aromatic N) is 3. The summed E-state index contributed by atoms with van der Waals surface area (Å²) in [5.41, 5.74) is 2.64. The van der Waals surface area contributed by atoms with Crippen molar-refractivity contribution in [1.82, 2.24) is 19.3 Å². The van der Waals surface area contributed by atoms with Crippen LogP contribution in [0.5, 0.6) is 0 Å². The molecule has 0 atom stereocenters. The summed E-state index contributed by atoms with van der Waals surface area (Å²) in [6, 6.07) is 14.7. The number of carbonyl (C=O) groups is 1. The summed E-state index contributed by atoms with van der Waals surface area (Å²) in [7, 11) is 1.61. The number of benzene rings is 1. The van der Waals surface area contributed by atoms with Crippen molar-refractivity contribution in [3.63, 3.8) is 0 Å². The summed E-state index contributed by atoms with van der Waals surface area (Å²) in [6.07, 6.45) is 2.34. The molecule has 0 aliphatic heterocycles. The molecule has 0 unspecified atom stereocenters. The molecule has 3 aromatic heterocycles. The first kappa shape index (κ1) is 21.5. The minimum absolute atomic E-state index is 0.0162. The van der Waals surface area contributed by atoms with Crippen molar-refractivity contribution in [2.24, 2.45) is 0 Å². The van der Waals surface area contributed by atoms with Gasteiger partial charge in [-0.25, -0.2) is 4.98 Å². The van der Waals surface area contributed by atoms with Crippen LogP contribution in [0.4, 0.5) is 0 Å². The quantitative estimate of drug-likeness (QED) is 0.347. The molecule has 1 aromatic carbocycles. The van der Waals surface area contributed by atoms with E-state index < -0.39 is 5.91 Å². The first-order valence-electron chi connectivity index (χ1n) is 10.4. The number of methoxy groups -OCH3 is 1. The van der Waals surface area contributed by atoms with E-state index >= 15 is 0 Å². The zero-order valence-electron chi connectivity index (χ0n) is 18.1. The van der Waals surface area contributed by atoms with Crippen LogP contribution >= 0.6 is 0 Å². The van der Waals surface area contributed by atoms with E-state index in [1.807, 2.05) is 43.3 Å². The second-order valence-corrected chi connectivity index (χ2v) is 7.66. The van der Waals surface area contributed by atoms with E-state index in [0.717, 1.165) is 11.1 Å². The highest BCUT2D eigenvalue weighted by Crippen LogP contribution is 2.12. The molecule has 8 nitrogen and oxygen atoms in total. The van der Waals surface area contributed by atoms with Crippen molar-refractivity contribution in [2.45, 2.75) is 26.4 Å². The SMILES string of the molecule is COCCCn1c(=N)c(C(=O)NCc2ccccc2)cc2c(=O)n3cc(C)ccc3nc21. The molecule has 3 heterocycles. The molecule has 0 saturated carbocycles. The smallest absolute Gasteiger partial charge is 0.267 e. The maximum absolute atomic E-state index is 13.3. The highest BCUT2D eigenvalue weighted by molar-refractivity contribution is 5.96. The van der Waals surface area contributed by atoms with Gasteiger partial charge in [-0.1, -0.05) is 36.4 Å². The number of amides is 1. The Kier molecular flexibility index (Phi) is 6.13. The van der Waals surface area contributed by atoms with E-state index in [1.54, 1.807) is 23.9 Å². The Morgan fingerprint density at radius 1 is 1.19 bits per heavy atom. The van der Waals surface area contributed by atoms with Gasteiger partial charge < -0.3 is 14.6 Å². The van der Waals surface area contributed by atoms with Crippen LogP contribution in [0.25, 0.3) is 16.7 Å². The lowest BCUT2D eigenvalue weighted by Crippen LogP contribution is -2.35. The number of fused-ring (bicyclic) bond motifs is 2. The Morgan fingerprint density at radius 3 is 2.72 bits per heavy atom. The third kappa shape index (κ3) is 4.17. The van der Waals surface area contributed by atoms with Crippen LogP contribution in [-0.2, 0) is 17.8 Å². The minimum atomic E-state index is -0.407. The summed E-state index contributed by atoms with van der Waals surface area (Å²) in [6.45, 7) is 3.12. The predicted octanol–water partition coefficient (Wildman–Crippen LogP) is 2.40. The topological polar surface area (TPSA) is 101 Å². The highest BCUT2D eigenvalue weighted by Gasteiger charge is 2.17. The van der Waals surface area contributed by atoms with Gasteiger partial charge in [0.05, 0.1) is 10.9 Å². The average molecular weight is 431 g/mol.